The summed E-state index contributed by atoms with van der Waals surface area (Å²) in [6.07, 6.45) is 9.21. The van der Waals surface area contributed by atoms with Crippen molar-refractivity contribution in [2.45, 2.75) is 57.5 Å². The Labute approximate surface area is 152 Å². The molecule has 1 heterocycles. The first-order chi connectivity index (χ1) is 12.7. The fourth-order valence-corrected chi connectivity index (χ4v) is 3.85. The first kappa shape index (κ1) is 17.1. The molecule has 0 radical (unpaired) electrons. The second-order valence-corrected chi connectivity index (χ2v) is 7.48. The van der Waals surface area contributed by atoms with E-state index in [0.717, 1.165) is 12.5 Å². The molecule has 1 aromatic heterocycles. The van der Waals surface area contributed by atoms with Crippen LogP contribution in [-0.2, 0) is 6.54 Å². The third-order valence-corrected chi connectivity index (χ3v) is 5.40. The van der Waals surface area contributed by atoms with Gasteiger partial charge >= 0.3 is 0 Å². The predicted molar refractivity (Wildman–Crippen MR) is 96.4 cm³/mol. The van der Waals surface area contributed by atoms with Crippen molar-refractivity contribution < 1.29 is 9.45 Å². The van der Waals surface area contributed by atoms with Crippen molar-refractivity contribution in [3.05, 3.63) is 40.3 Å². The van der Waals surface area contributed by atoms with Gasteiger partial charge in [-0.15, -0.1) is 0 Å². The Kier molecular flexibility index (Phi) is 4.97. The summed E-state index contributed by atoms with van der Waals surface area (Å²) in [6.45, 7) is 1.78. The molecule has 0 spiro atoms. The van der Waals surface area contributed by atoms with Crippen LogP contribution < -0.4 is 0 Å². The maximum Gasteiger partial charge on any atom is 0.270 e. The minimum absolute atomic E-state index is 0.0331. The molecule has 0 unspecified atom stereocenters. The molecule has 138 valence electrons. The van der Waals surface area contributed by atoms with Gasteiger partial charge in [-0.3, -0.25) is 15.0 Å². The number of benzene rings is 1. The number of hydrogen-bond acceptors (Lipinski definition) is 6. The van der Waals surface area contributed by atoms with Gasteiger partial charge in [0, 0.05) is 30.3 Å². The highest BCUT2D eigenvalue weighted by Gasteiger charge is 2.32. The van der Waals surface area contributed by atoms with Crippen LogP contribution in [0.25, 0.3) is 11.4 Å². The third kappa shape index (κ3) is 4.09. The van der Waals surface area contributed by atoms with Crippen molar-refractivity contribution in [1.29, 1.82) is 0 Å². The van der Waals surface area contributed by atoms with Gasteiger partial charge in [-0.05, 0) is 31.6 Å². The van der Waals surface area contributed by atoms with E-state index >= 15 is 0 Å². The molecular formula is C19H24N4O3. The van der Waals surface area contributed by atoms with Crippen LogP contribution in [0, 0.1) is 16.0 Å². The Morgan fingerprint density at radius 2 is 2.00 bits per heavy atom. The molecular weight excluding hydrogens is 332 g/mol. The highest BCUT2D eigenvalue weighted by Crippen LogP contribution is 2.32. The van der Waals surface area contributed by atoms with Crippen LogP contribution in [-0.4, -0.2) is 32.6 Å². The average Bonchev–Trinajstić information content (AvgIpc) is 3.41. The second-order valence-electron chi connectivity index (χ2n) is 7.48. The van der Waals surface area contributed by atoms with E-state index in [-0.39, 0.29) is 5.69 Å². The summed E-state index contributed by atoms with van der Waals surface area (Å²) in [5.41, 5.74) is 0.644. The van der Waals surface area contributed by atoms with Gasteiger partial charge in [-0.1, -0.05) is 36.6 Å². The second kappa shape index (κ2) is 7.53. The molecule has 2 aromatic rings. The molecule has 2 aliphatic rings. The maximum absolute atomic E-state index is 10.9. The Morgan fingerprint density at radius 3 is 2.73 bits per heavy atom. The van der Waals surface area contributed by atoms with E-state index in [1.54, 1.807) is 12.1 Å². The van der Waals surface area contributed by atoms with Crippen LogP contribution >= 0.6 is 0 Å². The number of nitro benzene ring substituents is 1. The van der Waals surface area contributed by atoms with Crippen molar-refractivity contribution in [3.63, 3.8) is 0 Å². The average molecular weight is 356 g/mol. The van der Waals surface area contributed by atoms with E-state index in [2.05, 4.69) is 15.0 Å². The zero-order valence-corrected chi connectivity index (χ0v) is 14.8. The van der Waals surface area contributed by atoms with E-state index < -0.39 is 4.92 Å². The van der Waals surface area contributed by atoms with E-state index in [0.29, 0.717) is 29.9 Å². The molecule has 2 fully saturated rings. The smallest absolute Gasteiger partial charge is 0.270 e. The number of hydrogen-bond donors (Lipinski definition) is 0. The lowest BCUT2D eigenvalue weighted by molar-refractivity contribution is -0.384. The highest BCUT2D eigenvalue weighted by atomic mass is 16.6. The van der Waals surface area contributed by atoms with Crippen molar-refractivity contribution in [3.8, 4) is 11.4 Å². The lowest BCUT2D eigenvalue weighted by Gasteiger charge is -2.28. The van der Waals surface area contributed by atoms with Gasteiger partial charge in [-0.2, -0.15) is 4.98 Å². The summed E-state index contributed by atoms with van der Waals surface area (Å²) in [5.74, 6) is 1.79. The molecule has 0 atom stereocenters. The van der Waals surface area contributed by atoms with E-state index in [4.69, 9.17) is 4.52 Å². The molecule has 0 saturated heterocycles. The number of non-ortho nitro benzene ring substituents is 1. The number of nitro groups is 1. The van der Waals surface area contributed by atoms with Crippen LogP contribution in [0.2, 0.25) is 0 Å². The molecule has 7 heteroatoms. The normalized spacial score (nSPS) is 18.3. The van der Waals surface area contributed by atoms with Gasteiger partial charge in [0.25, 0.3) is 5.69 Å². The van der Waals surface area contributed by atoms with Crippen LogP contribution in [0.3, 0.4) is 0 Å². The molecule has 0 N–H and O–H groups in total. The fraction of sp³-hybridized carbons (Fsp3) is 0.579. The van der Waals surface area contributed by atoms with Gasteiger partial charge in [0.15, 0.2) is 0 Å². The molecule has 7 nitrogen and oxygen atoms in total. The molecule has 4 rings (SSSR count). The zero-order valence-electron chi connectivity index (χ0n) is 14.8. The molecule has 0 amide bonds. The molecule has 1 aromatic carbocycles. The number of nitrogens with zero attached hydrogens (tertiary/aromatic N) is 4. The molecule has 0 bridgehead atoms. The fourth-order valence-electron chi connectivity index (χ4n) is 3.85. The van der Waals surface area contributed by atoms with Crippen molar-refractivity contribution in [1.82, 2.24) is 15.0 Å². The summed E-state index contributed by atoms with van der Waals surface area (Å²) >= 11 is 0. The summed E-state index contributed by atoms with van der Waals surface area (Å²) in [6, 6.07) is 7.00. The summed E-state index contributed by atoms with van der Waals surface area (Å²) < 4.78 is 5.44. The predicted octanol–water partition coefficient (Wildman–Crippen LogP) is 4.19. The van der Waals surface area contributed by atoms with Crippen LogP contribution in [0.15, 0.2) is 28.8 Å². The molecule has 2 saturated carbocycles. The summed E-state index contributed by atoms with van der Waals surface area (Å²) in [5, 5.41) is 15.0. The Bertz CT molecular complexity index is 766. The first-order valence-electron chi connectivity index (χ1n) is 9.50. The maximum atomic E-state index is 10.9. The van der Waals surface area contributed by atoms with Gasteiger partial charge in [-0.25, -0.2) is 0 Å². The largest absolute Gasteiger partial charge is 0.338 e. The minimum atomic E-state index is -0.413. The SMILES string of the molecule is O=[N+]([O-])c1cccc(-c2noc(CN(CC3CCCCC3)C3CC3)n2)c1. The van der Waals surface area contributed by atoms with Crippen LogP contribution in [0.4, 0.5) is 5.69 Å². The van der Waals surface area contributed by atoms with E-state index in [1.165, 1.54) is 57.1 Å². The van der Waals surface area contributed by atoms with E-state index in [9.17, 15) is 10.1 Å². The van der Waals surface area contributed by atoms with Crippen molar-refractivity contribution >= 4 is 5.69 Å². The minimum Gasteiger partial charge on any atom is -0.338 e. The summed E-state index contributed by atoms with van der Waals surface area (Å²) in [4.78, 5) is 17.5. The van der Waals surface area contributed by atoms with E-state index in [1.807, 2.05) is 0 Å². The molecule has 26 heavy (non-hydrogen) atoms. The molecule has 0 aliphatic heterocycles. The standard InChI is InChI=1S/C19H24N4O3/c24-23(25)17-8-4-7-15(11-17)19-20-18(26-21-19)13-22(16-9-10-16)12-14-5-2-1-3-6-14/h4,7-8,11,14,16H,1-3,5-6,9-10,12-13H2. The lowest BCUT2D eigenvalue weighted by Crippen LogP contribution is -2.32. The summed E-state index contributed by atoms with van der Waals surface area (Å²) in [7, 11) is 0. The quantitative estimate of drug-likeness (QED) is 0.546. The Morgan fingerprint density at radius 1 is 1.19 bits per heavy atom. The van der Waals surface area contributed by atoms with Gasteiger partial charge in [0.2, 0.25) is 11.7 Å². The number of rotatable bonds is 7. The van der Waals surface area contributed by atoms with Crippen LogP contribution in [0.1, 0.15) is 50.8 Å². The Balaban J connectivity index is 1.44. The number of aromatic nitrogens is 2. The van der Waals surface area contributed by atoms with Gasteiger partial charge < -0.3 is 4.52 Å². The highest BCUT2D eigenvalue weighted by molar-refractivity contribution is 5.58. The lowest BCUT2D eigenvalue weighted by atomic mass is 9.89. The van der Waals surface area contributed by atoms with Gasteiger partial charge in [0.1, 0.15) is 0 Å². The van der Waals surface area contributed by atoms with Crippen molar-refractivity contribution in [2.75, 3.05) is 6.54 Å². The third-order valence-electron chi connectivity index (χ3n) is 5.40. The topological polar surface area (TPSA) is 85.3 Å². The van der Waals surface area contributed by atoms with Crippen molar-refractivity contribution in [2.24, 2.45) is 5.92 Å². The molecule has 2 aliphatic carbocycles. The monoisotopic (exact) mass is 356 g/mol. The zero-order chi connectivity index (χ0) is 17.9. The Hall–Kier alpha value is -2.28. The first-order valence-corrected chi connectivity index (χ1v) is 9.50. The van der Waals surface area contributed by atoms with Crippen LogP contribution in [0.5, 0.6) is 0 Å². The van der Waals surface area contributed by atoms with Gasteiger partial charge in [0.05, 0.1) is 11.5 Å².